The van der Waals surface area contributed by atoms with E-state index in [2.05, 4.69) is 0 Å². The fourth-order valence-electron chi connectivity index (χ4n) is 1.19. The van der Waals surface area contributed by atoms with E-state index in [4.69, 9.17) is 4.55 Å². The third-order valence-electron chi connectivity index (χ3n) is 1.85. The molecule has 0 saturated carbocycles. The summed E-state index contributed by atoms with van der Waals surface area (Å²) in [4.78, 5) is -0.786. The Morgan fingerprint density at radius 3 is 2.64 bits per heavy atom. The van der Waals surface area contributed by atoms with Crippen molar-refractivity contribution in [3.05, 3.63) is 22.0 Å². The van der Waals surface area contributed by atoms with Gasteiger partial charge in [-0.15, -0.1) is 0 Å². The van der Waals surface area contributed by atoms with Gasteiger partial charge in [0.15, 0.2) is 0 Å². The molecular weight excluding hydrogens is 228 g/mol. The maximum atomic E-state index is 10.8. The van der Waals surface area contributed by atoms with Crippen molar-refractivity contribution in [2.24, 2.45) is 5.92 Å². The first-order chi connectivity index (χ1) is 6.32. The lowest BCUT2D eigenvalue weighted by Crippen LogP contribution is -2.13. The van der Waals surface area contributed by atoms with E-state index in [1.807, 2.05) is 0 Å². The van der Waals surface area contributed by atoms with Crippen molar-refractivity contribution in [3.63, 3.8) is 0 Å². The van der Waals surface area contributed by atoms with Crippen LogP contribution in [0.3, 0.4) is 0 Å². The summed E-state index contributed by atoms with van der Waals surface area (Å²) < 4.78 is 51.7. The highest BCUT2D eigenvalue weighted by Gasteiger charge is 2.23. The molecule has 1 rings (SSSR count). The SMILES string of the molecule is CC1C=CC(S(=O)[O-])=C(S(=O)(=O)O)C1. The van der Waals surface area contributed by atoms with Gasteiger partial charge in [0.05, 0.1) is 4.91 Å². The molecule has 0 aliphatic heterocycles. The lowest BCUT2D eigenvalue weighted by molar-refractivity contribution is 0.485. The summed E-state index contributed by atoms with van der Waals surface area (Å²) in [6, 6.07) is 0. The van der Waals surface area contributed by atoms with E-state index in [-0.39, 0.29) is 17.2 Å². The number of hydrogen-bond acceptors (Lipinski definition) is 4. The largest absolute Gasteiger partial charge is 0.768 e. The maximum Gasteiger partial charge on any atom is 0.291 e. The highest BCUT2D eigenvalue weighted by atomic mass is 32.2. The van der Waals surface area contributed by atoms with E-state index in [1.165, 1.54) is 6.08 Å². The first-order valence-corrected chi connectivity index (χ1v) is 6.32. The Bertz CT molecular complexity index is 417. The summed E-state index contributed by atoms with van der Waals surface area (Å²) >= 11 is -2.64. The molecule has 2 atom stereocenters. The van der Waals surface area contributed by atoms with Crippen LogP contribution in [0.1, 0.15) is 13.3 Å². The number of hydrogen-bond donors (Lipinski definition) is 1. The van der Waals surface area contributed by atoms with Gasteiger partial charge in [-0.25, -0.2) is 0 Å². The topological polar surface area (TPSA) is 94.5 Å². The molecule has 7 heteroatoms. The Labute approximate surface area is 84.5 Å². The van der Waals surface area contributed by atoms with Crippen molar-refractivity contribution in [3.8, 4) is 0 Å². The molecule has 14 heavy (non-hydrogen) atoms. The first-order valence-electron chi connectivity index (χ1n) is 3.80. The smallest absolute Gasteiger partial charge is 0.291 e. The Kier molecular flexibility index (Phi) is 3.25. The normalized spacial score (nSPS) is 25.2. The second-order valence-electron chi connectivity index (χ2n) is 3.04. The van der Waals surface area contributed by atoms with Crippen molar-refractivity contribution in [2.45, 2.75) is 13.3 Å². The fourth-order valence-corrected chi connectivity index (χ4v) is 2.96. The Morgan fingerprint density at radius 2 is 2.21 bits per heavy atom. The van der Waals surface area contributed by atoms with Gasteiger partial charge in [0.2, 0.25) is 0 Å². The first kappa shape index (κ1) is 11.6. The van der Waals surface area contributed by atoms with Crippen LogP contribution in [0, 0.1) is 5.92 Å². The van der Waals surface area contributed by atoms with Crippen molar-refractivity contribution in [1.29, 1.82) is 0 Å². The zero-order valence-electron chi connectivity index (χ0n) is 7.34. The van der Waals surface area contributed by atoms with Gasteiger partial charge in [-0.05, 0) is 29.5 Å². The molecular formula is C7H9O5S2-. The number of allylic oxidation sites excluding steroid dienone is 3. The van der Waals surface area contributed by atoms with E-state index in [1.54, 1.807) is 13.0 Å². The zero-order valence-corrected chi connectivity index (χ0v) is 8.97. The third-order valence-corrected chi connectivity index (χ3v) is 3.73. The summed E-state index contributed by atoms with van der Waals surface area (Å²) in [5.74, 6) is -0.0979. The lowest BCUT2D eigenvalue weighted by atomic mass is 10.0. The molecule has 5 nitrogen and oxygen atoms in total. The molecule has 0 aromatic carbocycles. The fraction of sp³-hybridized carbons (Fsp3) is 0.429. The third kappa shape index (κ3) is 2.50. The standard InChI is InChI=1S/C7H10O5S2/c1-5-2-3-6(13(8)9)7(4-5)14(10,11)12/h2-3,5H,4H2,1H3,(H,8,9)(H,10,11,12)/p-1. The second kappa shape index (κ2) is 3.93. The van der Waals surface area contributed by atoms with Crippen LogP contribution < -0.4 is 0 Å². The Morgan fingerprint density at radius 1 is 1.64 bits per heavy atom. The Balaban J connectivity index is 3.30. The molecule has 2 unspecified atom stereocenters. The van der Waals surface area contributed by atoms with Crippen molar-refractivity contribution >= 4 is 21.2 Å². The van der Waals surface area contributed by atoms with Gasteiger partial charge in [0.25, 0.3) is 10.1 Å². The molecule has 0 radical (unpaired) electrons. The molecule has 0 aromatic rings. The van der Waals surface area contributed by atoms with Crippen molar-refractivity contribution in [2.75, 3.05) is 0 Å². The quantitative estimate of drug-likeness (QED) is 0.559. The van der Waals surface area contributed by atoms with Crippen LogP contribution in [0.15, 0.2) is 22.0 Å². The van der Waals surface area contributed by atoms with Gasteiger partial charge in [-0.1, -0.05) is 13.0 Å². The highest BCUT2D eigenvalue weighted by molar-refractivity contribution is 7.91. The molecule has 80 valence electrons. The highest BCUT2D eigenvalue weighted by Crippen LogP contribution is 2.28. The molecule has 0 fully saturated rings. The van der Waals surface area contributed by atoms with Crippen LogP contribution in [-0.2, 0) is 21.2 Å². The lowest BCUT2D eigenvalue weighted by Gasteiger charge is -2.18. The molecule has 0 saturated heterocycles. The molecule has 1 aliphatic rings. The van der Waals surface area contributed by atoms with E-state index in [0.717, 1.165) is 0 Å². The summed E-state index contributed by atoms with van der Waals surface area (Å²) in [6.45, 7) is 1.73. The van der Waals surface area contributed by atoms with Crippen LogP contribution in [-0.4, -0.2) is 21.7 Å². The molecule has 1 N–H and O–H groups in total. The maximum absolute atomic E-state index is 10.8. The average Bonchev–Trinajstić information content (AvgIpc) is 2.01. The number of rotatable bonds is 2. The second-order valence-corrected chi connectivity index (χ2v) is 5.39. The minimum atomic E-state index is -4.42. The van der Waals surface area contributed by atoms with Crippen LogP contribution in [0.2, 0.25) is 0 Å². The molecule has 0 heterocycles. The van der Waals surface area contributed by atoms with Gasteiger partial charge < -0.3 is 4.55 Å². The van der Waals surface area contributed by atoms with Crippen molar-refractivity contribution < 1.29 is 21.7 Å². The average molecular weight is 237 g/mol. The van der Waals surface area contributed by atoms with E-state index in [0.29, 0.717) is 0 Å². The summed E-state index contributed by atoms with van der Waals surface area (Å²) in [6.07, 6.45) is 2.79. The van der Waals surface area contributed by atoms with Crippen LogP contribution in [0.5, 0.6) is 0 Å². The van der Waals surface area contributed by atoms with E-state index < -0.39 is 26.1 Å². The van der Waals surface area contributed by atoms with Crippen molar-refractivity contribution in [1.82, 2.24) is 0 Å². The molecule has 0 spiro atoms. The Hall–Kier alpha value is -0.500. The molecule has 0 bridgehead atoms. The van der Waals surface area contributed by atoms with Gasteiger partial charge in [0, 0.05) is 4.91 Å². The predicted molar refractivity (Wildman–Crippen MR) is 50.4 cm³/mol. The predicted octanol–water partition coefficient (Wildman–Crippen LogP) is 0.561. The van der Waals surface area contributed by atoms with E-state index in [9.17, 15) is 17.2 Å². The monoisotopic (exact) mass is 237 g/mol. The molecule has 0 aromatic heterocycles. The summed E-state index contributed by atoms with van der Waals surface area (Å²) in [5, 5.41) is 0. The van der Waals surface area contributed by atoms with Gasteiger partial charge in [0.1, 0.15) is 0 Å². The summed E-state index contributed by atoms with van der Waals surface area (Å²) in [7, 11) is -4.42. The van der Waals surface area contributed by atoms with Crippen LogP contribution in [0.25, 0.3) is 0 Å². The van der Waals surface area contributed by atoms with Gasteiger partial charge in [-0.3, -0.25) is 8.76 Å². The van der Waals surface area contributed by atoms with E-state index >= 15 is 0 Å². The molecule has 1 aliphatic carbocycles. The van der Waals surface area contributed by atoms with Crippen LogP contribution in [0.4, 0.5) is 0 Å². The zero-order chi connectivity index (χ0) is 10.9. The van der Waals surface area contributed by atoms with Gasteiger partial charge in [-0.2, -0.15) is 8.42 Å². The summed E-state index contributed by atoms with van der Waals surface area (Å²) in [5.41, 5.74) is 0. The minimum absolute atomic E-state index is 0.0125. The van der Waals surface area contributed by atoms with Gasteiger partial charge >= 0.3 is 0 Å². The minimum Gasteiger partial charge on any atom is -0.768 e. The molecule has 0 amide bonds. The van der Waals surface area contributed by atoms with Crippen LogP contribution >= 0.6 is 0 Å².